The van der Waals surface area contributed by atoms with Gasteiger partial charge in [-0.3, -0.25) is 9.59 Å². The van der Waals surface area contributed by atoms with Crippen molar-refractivity contribution in [2.24, 2.45) is 5.92 Å². The van der Waals surface area contributed by atoms with Gasteiger partial charge in [-0.1, -0.05) is 17.7 Å². The maximum absolute atomic E-state index is 12.4. The van der Waals surface area contributed by atoms with E-state index in [1.165, 1.54) is 6.92 Å². The second kappa shape index (κ2) is 8.00. The molecule has 0 spiro atoms. The largest absolute Gasteiger partial charge is 0.461 e. The molecule has 6 heteroatoms. The molecule has 4 bridgehead atoms. The van der Waals surface area contributed by atoms with Crippen molar-refractivity contribution in [2.75, 3.05) is 0 Å². The lowest BCUT2D eigenvalue weighted by Crippen LogP contribution is -2.26. The van der Waals surface area contributed by atoms with Crippen molar-refractivity contribution in [2.45, 2.75) is 52.2 Å². The Kier molecular flexibility index (Phi) is 5.68. The maximum atomic E-state index is 12.4. The number of rotatable bonds is 3. The van der Waals surface area contributed by atoms with E-state index in [9.17, 15) is 14.4 Å². The molecule has 3 rings (SSSR count). The molecule has 0 aromatic carbocycles. The van der Waals surface area contributed by atoms with Crippen LogP contribution in [-0.2, 0) is 25.5 Å². The molecule has 28 heavy (non-hydrogen) atoms. The SMILES string of the molecule is C=C(C)[C@@H]1Cc2oc(cc2C=O)/C=C(\C)C[C@@H]2C=C(C(=O)O2)C(OC(C)=O)C1. The molecule has 1 aromatic heterocycles. The number of hydrogen-bond acceptors (Lipinski definition) is 6. The molecular formula is C22H24O6. The van der Waals surface area contributed by atoms with E-state index in [1.807, 2.05) is 19.9 Å². The van der Waals surface area contributed by atoms with E-state index in [4.69, 9.17) is 13.9 Å². The molecule has 148 valence electrons. The molecule has 0 N–H and O–H groups in total. The van der Waals surface area contributed by atoms with Crippen molar-refractivity contribution in [3.63, 3.8) is 0 Å². The van der Waals surface area contributed by atoms with Gasteiger partial charge in [0.25, 0.3) is 0 Å². The summed E-state index contributed by atoms with van der Waals surface area (Å²) in [5.41, 5.74) is 2.62. The predicted molar refractivity (Wildman–Crippen MR) is 103 cm³/mol. The quantitative estimate of drug-likeness (QED) is 0.448. The van der Waals surface area contributed by atoms with Gasteiger partial charge in [0.05, 0.1) is 11.1 Å². The molecule has 0 radical (unpaired) electrons. The number of hydrogen-bond donors (Lipinski definition) is 0. The molecule has 3 heterocycles. The molecule has 0 aliphatic carbocycles. The first-order chi connectivity index (χ1) is 13.3. The first kappa shape index (κ1) is 19.9. The molecule has 1 unspecified atom stereocenters. The number of carbonyl (C=O) groups is 3. The first-order valence-electron chi connectivity index (χ1n) is 9.27. The molecule has 0 fully saturated rings. The van der Waals surface area contributed by atoms with Gasteiger partial charge in [-0.25, -0.2) is 4.79 Å². The number of furan rings is 1. The van der Waals surface area contributed by atoms with Crippen LogP contribution in [0.15, 0.2) is 39.9 Å². The highest BCUT2D eigenvalue weighted by atomic mass is 16.6. The summed E-state index contributed by atoms with van der Waals surface area (Å²) < 4.78 is 16.8. The molecule has 1 aromatic rings. The Bertz CT molecular complexity index is 885. The third kappa shape index (κ3) is 4.32. The van der Waals surface area contributed by atoms with Crippen LogP contribution in [0.4, 0.5) is 0 Å². The standard InChI is InChI=1S/C22H24O6/c1-12(2)15-8-20-16(11-23)7-17(27-20)5-13(3)6-18-10-19(22(25)28-18)21(9-15)26-14(4)24/h5,7,10-11,15,18,21H,1,6,8-9H2,2-4H3/b13-5+/t15-,18-,21?/m1/s1. The molecule has 2 aliphatic rings. The minimum Gasteiger partial charge on any atom is -0.461 e. The van der Waals surface area contributed by atoms with E-state index in [0.29, 0.717) is 41.9 Å². The van der Waals surface area contributed by atoms with Crippen LogP contribution in [-0.4, -0.2) is 30.4 Å². The van der Waals surface area contributed by atoms with Crippen LogP contribution in [0.5, 0.6) is 0 Å². The minimum atomic E-state index is -0.740. The number of esters is 2. The van der Waals surface area contributed by atoms with Crippen LogP contribution in [0, 0.1) is 5.92 Å². The Morgan fingerprint density at radius 2 is 2.07 bits per heavy atom. The summed E-state index contributed by atoms with van der Waals surface area (Å²) in [7, 11) is 0. The summed E-state index contributed by atoms with van der Waals surface area (Å²) in [4.78, 5) is 35.6. The average molecular weight is 384 g/mol. The number of carbonyl (C=O) groups excluding carboxylic acids is 3. The second-order valence-corrected chi connectivity index (χ2v) is 7.49. The van der Waals surface area contributed by atoms with Crippen molar-refractivity contribution >= 4 is 24.3 Å². The lowest BCUT2D eigenvalue weighted by atomic mass is 9.87. The van der Waals surface area contributed by atoms with Crippen LogP contribution in [0.25, 0.3) is 6.08 Å². The Hall–Kier alpha value is -2.89. The van der Waals surface area contributed by atoms with Gasteiger partial charge in [-0.15, -0.1) is 0 Å². The molecule has 0 amide bonds. The second-order valence-electron chi connectivity index (χ2n) is 7.49. The van der Waals surface area contributed by atoms with Gasteiger partial charge < -0.3 is 13.9 Å². The topological polar surface area (TPSA) is 82.8 Å². The van der Waals surface area contributed by atoms with Crippen LogP contribution in [0.3, 0.4) is 0 Å². The lowest BCUT2D eigenvalue weighted by molar-refractivity contribution is -0.147. The van der Waals surface area contributed by atoms with E-state index in [1.54, 1.807) is 12.1 Å². The van der Waals surface area contributed by atoms with Crippen LogP contribution < -0.4 is 0 Å². The molecule has 6 nitrogen and oxygen atoms in total. The van der Waals surface area contributed by atoms with E-state index < -0.39 is 24.1 Å². The van der Waals surface area contributed by atoms with Gasteiger partial charge >= 0.3 is 11.9 Å². The molecule has 0 saturated carbocycles. The fraction of sp³-hybridized carbons (Fsp3) is 0.409. The zero-order chi connectivity index (χ0) is 20.4. The van der Waals surface area contributed by atoms with Gasteiger partial charge in [0.15, 0.2) is 6.29 Å². The summed E-state index contributed by atoms with van der Waals surface area (Å²) in [6.07, 6.45) is 4.44. The van der Waals surface area contributed by atoms with E-state index >= 15 is 0 Å². The number of aldehydes is 1. The Labute approximate surface area is 163 Å². The molecule has 3 atom stereocenters. The Morgan fingerprint density at radius 1 is 1.32 bits per heavy atom. The van der Waals surface area contributed by atoms with Crippen molar-refractivity contribution in [1.29, 1.82) is 0 Å². The van der Waals surface area contributed by atoms with Crippen LogP contribution in [0.1, 0.15) is 55.5 Å². The van der Waals surface area contributed by atoms with Crippen molar-refractivity contribution in [1.82, 2.24) is 0 Å². The van der Waals surface area contributed by atoms with E-state index in [-0.39, 0.29) is 5.92 Å². The Morgan fingerprint density at radius 3 is 2.71 bits per heavy atom. The summed E-state index contributed by atoms with van der Waals surface area (Å²) in [5, 5.41) is 0. The van der Waals surface area contributed by atoms with Gasteiger partial charge in [-0.05, 0) is 44.4 Å². The predicted octanol–water partition coefficient (Wildman–Crippen LogP) is 3.81. The van der Waals surface area contributed by atoms with Crippen molar-refractivity contribution in [3.05, 3.63) is 52.5 Å². The zero-order valence-corrected chi connectivity index (χ0v) is 16.3. The molecule has 0 saturated heterocycles. The Balaban J connectivity index is 2.07. The van der Waals surface area contributed by atoms with Crippen LogP contribution >= 0.6 is 0 Å². The fourth-order valence-electron chi connectivity index (χ4n) is 3.64. The highest BCUT2D eigenvalue weighted by Gasteiger charge is 2.35. The van der Waals surface area contributed by atoms with E-state index in [2.05, 4.69) is 6.58 Å². The zero-order valence-electron chi connectivity index (χ0n) is 16.3. The number of fused-ring (bicyclic) bond motifs is 3. The first-order valence-corrected chi connectivity index (χ1v) is 9.27. The maximum Gasteiger partial charge on any atom is 0.338 e. The lowest BCUT2D eigenvalue weighted by Gasteiger charge is -2.23. The van der Waals surface area contributed by atoms with Crippen LogP contribution in [0.2, 0.25) is 0 Å². The monoisotopic (exact) mass is 384 g/mol. The normalized spacial score (nSPS) is 26.5. The summed E-state index contributed by atoms with van der Waals surface area (Å²) in [6, 6.07) is 1.71. The number of ether oxygens (including phenoxy) is 2. The number of allylic oxidation sites excluding steroid dienone is 1. The van der Waals surface area contributed by atoms with Gasteiger partial charge in [0, 0.05) is 19.8 Å². The summed E-state index contributed by atoms with van der Waals surface area (Å²) in [6.45, 7) is 9.12. The average Bonchev–Trinajstić information content (AvgIpc) is 3.15. The molecular weight excluding hydrogens is 360 g/mol. The van der Waals surface area contributed by atoms with Crippen molar-refractivity contribution in [3.8, 4) is 0 Å². The molecule has 2 aliphatic heterocycles. The van der Waals surface area contributed by atoms with Gasteiger partial charge in [-0.2, -0.15) is 0 Å². The minimum absolute atomic E-state index is 0.152. The summed E-state index contributed by atoms with van der Waals surface area (Å²) in [5.74, 6) is 0.0503. The highest BCUT2D eigenvalue weighted by Crippen LogP contribution is 2.32. The van der Waals surface area contributed by atoms with Gasteiger partial charge in [0.2, 0.25) is 0 Å². The third-order valence-electron chi connectivity index (χ3n) is 5.04. The van der Waals surface area contributed by atoms with E-state index in [0.717, 1.165) is 17.4 Å². The fourth-order valence-corrected chi connectivity index (χ4v) is 3.64. The van der Waals surface area contributed by atoms with Gasteiger partial charge in [0.1, 0.15) is 23.7 Å². The highest BCUT2D eigenvalue weighted by molar-refractivity contribution is 5.92. The van der Waals surface area contributed by atoms with Crippen molar-refractivity contribution < 1.29 is 28.3 Å². The smallest absolute Gasteiger partial charge is 0.338 e. The summed E-state index contributed by atoms with van der Waals surface area (Å²) >= 11 is 0. The third-order valence-corrected chi connectivity index (χ3v) is 5.04.